The number of hydrogen-bond acceptors (Lipinski definition) is 3. The van der Waals surface area contributed by atoms with Crippen LogP contribution in [-0.4, -0.2) is 36.6 Å². The number of carbonyl (C=O) groups is 1. The second-order valence-corrected chi connectivity index (χ2v) is 6.44. The van der Waals surface area contributed by atoms with E-state index in [4.69, 9.17) is 10.5 Å². The molecule has 0 spiro atoms. The molecule has 1 saturated carbocycles. The number of carbonyl (C=O) groups excluding carboxylic acids is 1. The molecule has 0 radical (unpaired) electrons. The van der Waals surface area contributed by atoms with E-state index in [-0.39, 0.29) is 30.5 Å². The van der Waals surface area contributed by atoms with Crippen LogP contribution in [0.2, 0.25) is 0 Å². The minimum atomic E-state index is -0.174. The van der Waals surface area contributed by atoms with Gasteiger partial charge in [-0.1, -0.05) is 24.3 Å². The van der Waals surface area contributed by atoms with Crippen molar-refractivity contribution in [1.82, 2.24) is 4.90 Å². The average Bonchev–Trinajstić information content (AvgIpc) is 3.38. The van der Waals surface area contributed by atoms with Crippen LogP contribution >= 0.6 is 12.4 Å². The Morgan fingerprint density at radius 3 is 2.74 bits per heavy atom. The molecule has 0 bridgehead atoms. The van der Waals surface area contributed by atoms with Gasteiger partial charge in [0, 0.05) is 19.7 Å². The zero-order valence-electron chi connectivity index (χ0n) is 13.7. The van der Waals surface area contributed by atoms with Gasteiger partial charge in [0.05, 0.1) is 18.6 Å². The van der Waals surface area contributed by atoms with Crippen LogP contribution in [0.15, 0.2) is 24.3 Å². The van der Waals surface area contributed by atoms with Crippen molar-refractivity contribution in [2.75, 3.05) is 13.7 Å². The van der Waals surface area contributed by atoms with Crippen molar-refractivity contribution in [3.8, 4) is 0 Å². The van der Waals surface area contributed by atoms with Gasteiger partial charge < -0.3 is 15.4 Å². The van der Waals surface area contributed by atoms with Crippen molar-refractivity contribution in [2.24, 2.45) is 5.73 Å². The predicted molar refractivity (Wildman–Crippen MR) is 93.7 cm³/mol. The predicted octanol–water partition coefficient (Wildman–Crippen LogP) is 2.84. The van der Waals surface area contributed by atoms with Crippen LogP contribution in [0.1, 0.15) is 49.3 Å². The average molecular weight is 339 g/mol. The van der Waals surface area contributed by atoms with Gasteiger partial charge in [0.1, 0.15) is 0 Å². The third-order valence-electron chi connectivity index (χ3n) is 4.90. The number of halogens is 1. The Kier molecular flexibility index (Phi) is 6.45. The highest BCUT2D eigenvalue weighted by molar-refractivity contribution is 5.85. The molecule has 2 aliphatic carbocycles. The minimum Gasteiger partial charge on any atom is -0.380 e. The molecule has 0 heterocycles. The fraction of sp³-hybridized carbons (Fsp3) is 0.611. The van der Waals surface area contributed by atoms with E-state index in [0.29, 0.717) is 19.0 Å². The first-order valence-electron chi connectivity index (χ1n) is 8.36. The summed E-state index contributed by atoms with van der Waals surface area (Å²) in [5.41, 5.74) is 8.43. The SMILES string of the molecule is COC(CN)CC(=O)N(C1CC1)C1CCCc2ccccc21.Cl. The Labute approximate surface area is 144 Å². The second kappa shape index (κ2) is 8.13. The van der Waals surface area contributed by atoms with Crippen LogP contribution in [0.5, 0.6) is 0 Å². The van der Waals surface area contributed by atoms with Gasteiger partial charge in [-0.15, -0.1) is 12.4 Å². The number of ether oxygens (including phenoxy) is 1. The summed E-state index contributed by atoms with van der Waals surface area (Å²) in [7, 11) is 1.63. The van der Waals surface area contributed by atoms with Crippen LogP contribution in [0.4, 0.5) is 0 Å². The fourth-order valence-corrected chi connectivity index (χ4v) is 3.56. The summed E-state index contributed by atoms with van der Waals surface area (Å²) in [6.07, 6.45) is 5.83. The summed E-state index contributed by atoms with van der Waals surface area (Å²) in [6, 6.07) is 9.23. The summed E-state index contributed by atoms with van der Waals surface area (Å²) >= 11 is 0. The van der Waals surface area contributed by atoms with Gasteiger partial charge in [0.2, 0.25) is 5.91 Å². The Morgan fingerprint density at radius 2 is 2.09 bits per heavy atom. The lowest BCUT2D eigenvalue weighted by atomic mass is 9.86. The second-order valence-electron chi connectivity index (χ2n) is 6.44. The first-order valence-corrected chi connectivity index (χ1v) is 8.36. The lowest BCUT2D eigenvalue weighted by Gasteiger charge is -2.37. The number of hydrogen-bond donors (Lipinski definition) is 1. The van der Waals surface area contributed by atoms with Crippen LogP contribution in [-0.2, 0) is 16.0 Å². The third kappa shape index (κ3) is 4.06. The molecular formula is C18H27ClN2O2. The molecule has 3 rings (SSSR count). The van der Waals surface area contributed by atoms with Crippen LogP contribution in [0.25, 0.3) is 0 Å². The first kappa shape index (κ1) is 18.2. The lowest BCUT2D eigenvalue weighted by molar-refractivity contribution is -0.137. The van der Waals surface area contributed by atoms with Gasteiger partial charge in [-0.3, -0.25) is 4.79 Å². The summed E-state index contributed by atoms with van der Waals surface area (Å²) in [6.45, 7) is 0.391. The van der Waals surface area contributed by atoms with E-state index in [2.05, 4.69) is 29.2 Å². The molecule has 0 aromatic heterocycles. The highest BCUT2D eigenvalue weighted by atomic mass is 35.5. The Bertz CT molecular complexity index is 530. The smallest absolute Gasteiger partial charge is 0.225 e. The molecule has 2 atom stereocenters. The number of methoxy groups -OCH3 is 1. The van der Waals surface area contributed by atoms with Crippen molar-refractivity contribution in [1.29, 1.82) is 0 Å². The number of nitrogens with two attached hydrogens (primary N) is 1. The van der Waals surface area contributed by atoms with Gasteiger partial charge in [-0.25, -0.2) is 0 Å². The van der Waals surface area contributed by atoms with Gasteiger partial charge in [-0.05, 0) is 43.2 Å². The molecule has 1 aromatic carbocycles. The first-order chi connectivity index (χ1) is 10.7. The Morgan fingerprint density at radius 1 is 1.35 bits per heavy atom. The highest BCUT2D eigenvalue weighted by Crippen LogP contribution is 2.41. The maximum Gasteiger partial charge on any atom is 0.225 e. The zero-order valence-corrected chi connectivity index (χ0v) is 14.6. The van der Waals surface area contributed by atoms with Crippen molar-refractivity contribution < 1.29 is 9.53 Å². The lowest BCUT2D eigenvalue weighted by Crippen LogP contribution is -2.41. The molecule has 0 saturated heterocycles. The monoisotopic (exact) mass is 338 g/mol. The normalized spacial score (nSPS) is 21.0. The fourth-order valence-electron chi connectivity index (χ4n) is 3.56. The molecular weight excluding hydrogens is 312 g/mol. The third-order valence-corrected chi connectivity index (χ3v) is 4.90. The van der Waals surface area contributed by atoms with Crippen molar-refractivity contribution in [3.05, 3.63) is 35.4 Å². The number of rotatable bonds is 6. The molecule has 0 aliphatic heterocycles. The molecule has 2 unspecified atom stereocenters. The van der Waals surface area contributed by atoms with Crippen molar-refractivity contribution in [2.45, 2.75) is 56.7 Å². The van der Waals surface area contributed by atoms with Crippen LogP contribution < -0.4 is 5.73 Å². The van der Waals surface area contributed by atoms with Gasteiger partial charge in [0.15, 0.2) is 0 Å². The molecule has 1 fully saturated rings. The van der Waals surface area contributed by atoms with E-state index in [1.807, 2.05) is 0 Å². The largest absolute Gasteiger partial charge is 0.380 e. The minimum absolute atomic E-state index is 0. The number of fused-ring (bicyclic) bond motifs is 1. The van der Waals surface area contributed by atoms with E-state index < -0.39 is 0 Å². The van der Waals surface area contributed by atoms with Crippen LogP contribution in [0.3, 0.4) is 0 Å². The van der Waals surface area contributed by atoms with Gasteiger partial charge in [-0.2, -0.15) is 0 Å². The number of aryl methyl sites for hydroxylation is 1. The summed E-state index contributed by atoms with van der Waals surface area (Å²) in [5, 5.41) is 0. The topological polar surface area (TPSA) is 55.6 Å². The molecule has 128 valence electrons. The quantitative estimate of drug-likeness (QED) is 0.867. The maximum atomic E-state index is 12.9. The van der Waals surface area contributed by atoms with Gasteiger partial charge in [0.25, 0.3) is 0 Å². The number of nitrogens with zero attached hydrogens (tertiary/aromatic N) is 1. The molecule has 5 heteroatoms. The number of benzene rings is 1. The summed E-state index contributed by atoms with van der Waals surface area (Å²) < 4.78 is 5.30. The summed E-state index contributed by atoms with van der Waals surface area (Å²) in [5.74, 6) is 0.196. The Balaban J connectivity index is 0.00000192. The molecule has 1 aromatic rings. The van der Waals surface area contributed by atoms with E-state index >= 15 is 0 Å². The molecule has 1 amide bonds. The van der Waals surface area contributed by atoms with Crippen LogP contribution in [0, 0.1) is 0 Å². The maximum absolute atomic E-state index is 12.9. The van der Waals surface area contributed by atoms with E-state index in [1.54, 1.807) is 7.11 Å². The molecule has 23 heavy (non-hydrogen) atoms. The van der Waals surface area contributed by atoms with E-state index in [1.165, 1.54) is 11.1 Å². The Hall–Kier alpha value is -1.10. The zero-order chi connectivity index (χ0) is 15.5. The molecule has 4 nitrogen and oxygen atoms in total. The van der Waals surface area contributed by atoms with E-state index in [9.17, 15) is 4.79 Å². The van der Waals surface area contributed by atoms with Gasteiger partial charge >= 0.3 is 0 Å². The molecule has 2 N–H and O–H groups in total. The molecule has 2 aliphatic rings. The van der Waals surface area contributed by atoms with Crippen molar-refractivity contribution >= 4 is 18.3 Å². The van der Waals surface area contributed by atoms with E-state index in [0.717, 1.165) is 32.1 Å². The van der Waals surface area contributed by atoms with Crippen molar-refractivity contribution in [3.63, 3.8) is 0 Å². The number of amides is 1. The summed E-state index contributed by atoms with van der Waals surface area (Å²) in [4.78, 5) is 15.0. The highest BCUT2D eigenvalue weighted by Gasteiger charge is 2.39. The standard InChI is InChI=1S/C18H26N2O2.ClH/c1-22-15(12-19)11-18(21)20(14-9-10-14)17-8-4-6-13-5-2-3-7-16(13)17;/h2-3,5,7,14-15,17H,4,6,8-12,19H2,1H3;1H.